The van der Waals surface area contributed by atoms with Crippen molar-refractivity contribution in [3.63, 3.8) is 0 Å². The van der Waals surface area contributed by atoms with E-state index in [1.165, 1.54) is 0 Å². The zero-order chi connectivity index (χ0) is 22.3. The van der Waals surface area contributed by atoms with Gasteiger partial charge in [0.25, 0.3) is 5.91 Å². The molecule has 32 heavy (non-hydrogen) atoms. The number of halogens is 1. The number of benzene rings is 3. The molecule has 3 aromatic carbocycles. The zero-order valence-corrected chi connectivity index (χ0v) is 18.1. The molecule has 0 saturated carbocycles. The number of aryl methyl sites for hydroxylation is 1. The molecule has 1 aromatic heterocycles. The van der Waals surface area contributed by atoms with Gasteiger partial charge in [-0.05, 0) is 30.2 Å². The fraction of sp³-hybridized carbons (Fsp3) is 0.0800. The van der Waals surface area contributed by atoms with Gasteiger partial charge < -0.3 is 4.74 Å². The van der Waals surface area contributed by atoms with Crippen LogP contribution in [0.2, 0.25) is 5.02 Å². The number of hydrogen-bond donors (Lipinski definition) is 2. The number of nitrogens with one attached hydrogen (secondary N) is 2. The average Bonchev–Trinajstić information content (AvgIpc) is 3.23. The predicted molar refractivity (Wildman–Crippen MR) is 127 cm³/mol. The molecule has 4 aromatic rings. The number of nitrogens with zero attached hydrogens (tertiary/aromatic N) is 2. The molecule has 0 spiro atoms. The summed E-state index contributed by atoms with van der Waals surface area (Å²) < 4.78 is 5.76. The van der Waals surface area contributed by atoms with Crippen LogP contribution < -0.4 is 10.2 Å². The summed E-state index contributed by atoms with van der Waals surface area (Å²) >= 11 is 6.04. The van der Waals surface area contributed by atoms with Crippen LogP contribution in [0.3, 0.4) is 0 Å². The Morgan fingerprint density at radius 2 is 1.72 bits per heavy atom. The highest BCUT2D eigenvalue weighted by molar-refractivity contribution is 6.30. The molecule has 7 heteroatoms. The number of hydrazone groups is 1. The zero-order valence-electron chi connectivity index (χ0n) is 17.4. The van der Waals surface area contributed by atoms with Gasteiger partial charge in [0, 0.05) is 10.6 Å². The van der Waals surface area contributed by atoms with Gasteiger partial charge in [0.15, 0.2) is 6.61 Å². The van der Waals surface area contributed by atoms with Crippen LogP contribution in [0.1, 0.15) is 11.1 Å². The summed E-state index contributed by atoms with van der Waals surface area (Å²) in [6, 6.07) is 25.0. The van der Waals surface area contributed by atoms with Crippen molar-refractivity contribution in [3.8, 4) is 28.3 Å². The SMILES string of the molecule is Cc1ccc(-c2c(OCC(=O)N/N=C/c3ccccc3)n[nH]c2-c2ccc(Cl)cc2)cc1. The van der Waals surface area contributed by atoms with Crippen molar-refractivity contribution in [2.75, 3.05) is 6.61 Å². The Labute approximate surface area is 190 Å². The van der Waals surface area contributed by atoms with Gasteiger partial charge in [0.2, 0.25) is 5.88 Å². The Kier molecular flexibility index (Phi) is 6.63. The Bertz CT molecular complexity index is 1220. The van der Waals surface area contributed by atoms with E-state index in [9.17, 15) is 4.79 Å². The van der Waals surface area contributed by atoms with Gasteiger partial charge >= 0.3 is 0 Å². The second-order valence-corrected chi connectivity index (χ2v) is 7.58. The summed E-state index contributed by atoms with van der Waals surface area (Å²) in [6.07, 6.45) is 1.57. The van der Waals surface area contributed by atoms with Crippen molar-refractivity contribution < 1.29 is 9.53 Å². The van der Waals surface area contributed by atoms with Gasteiger partial charge in [0.1, 0.15) is 0 Å². The molecule has 0 unspecified atom stereocenters. The van der Waals surface area contributed by atoms with Crippen LogP contribution in [0.5, 0.6) is 5.88 Å². The molecular formula is C25H21ClN4O2. The number of rotatable bonds is 7. The lowest BCUT2D eigenvalue weighted by Crippen LogP contribution is -2.24. The Morgan fingerprint density at radius 3 is 2.44 bits per heavy atom. The molecule has 160 valence electrons. The highest BCUT2D eigenvalue weighted by Gasteiger charge is 2.19. The maximum Gasteiger partial charge on any atom is 0.278 e. The van der Waals surface area contributed by atoms with E-state index in [1.54, 1.807) is 6.21 Å². The van der Waals surface area contributed by atoms with E-state index in [-0.39, 0.29) is 12.5 Å². The number of ether oxygens (including phenoxy) is 1. The lowest BCUT2D eigenvalue weighted by molar-refractivity contribution is -0.123. The van der Waals surface area contributed by atoms with Gasteiger partial charge in [-0.3, -0.25) is 9.89 Å². The van der Waals surface area contributed by atoms with Crippen molar-refractivity contribution in [1.29, 1.82) is 0 Å². The second kappa shape index (κ2) is 9.94. The Morgan fingerprint density at radius 1 is 1.03 bits per heavy atom. The smallest absolute Gasteiger partial charge is 0.278 e. The number of carbonyl (C=O) groups excluding carboxylic acids is 1. The summed E-state index contributed by atoms with van der Waals surface area (Å²) in [6.45, 7) is 1.80. The van der Waals surface area contributed by atoms with E-state index in [4.69, 9.17) is 16.3 Å². The fourth-order valence-corrected chi connectivity index (χ4v) is 3.25. The van der Waals surface area contributed by atoms with Crippen molar-refractivity contribution >= 4 is 23.7 Å². The minimum Gasteiger partial charge on any atom is -0.466 e. The first-order valence-corrected chi connectivity index (χ1v) is 10.4. The van der Waals surface area contributed by atoms with Crippen LogP contribution in [-0.4, -0.2) is 28.9 Å². The molecule has 2 N–H and O–H groups in total. The minimum absolute atomic E-state index is 0.226. The van der Waals surface area contributed by atoms with Crippen LogP contribution in [0.15, 0.2) is 84.0 Å². The maximum atomic E-state index is 12.2. The Balaban J connectivity index is 1.53. The van der Waals surface area contributed by atoms with Crippen molar-refractivity contribution in [1.82, 2.24) is 15.6 Å². The molecule has 4 rings (SSSR count). The van der Waals surface area contributed by atoms with E-state index in [1.807, 2.05) is 85.8 Å². The van der Waals surface area contributed by atoms with Crippen molar-refractivity contribution in [2.45, 2.75) is 6.92 Å². The third-order valence-corrected chi connectivity index (χ3v) is 5.00. The van der Waals surface area contributed by atoms with Gasteiger partial charge in [-0.2, -0.15) is 5.10 Å². The third kappa shape index (κ3) is 5.22. The summed E-state index contributed by atoms with van der Waals surface area (Å²) in [5, 5.41) is 12.0. The van der Waals surface area contributed by atoms with Crippen LogP contribution in [0.25, 0.3) is 22.4 Å². The molecule has 0 aliphatic carbocycles. The normalized spacial score (nSPS) is 10.9. The monoisotopic (exact) mass is 444 g/mol. The molecule has 6 nitrogen and oxygen atoms in total. The van der Waals surface area contributed by atoms with E-state index in [0.717, 1.165) is 33.5 Å². The van der Waals surface area contributed by atoms with E-state index in [2.05, 4.69) is 20.7 Å². The van der Waals surface area contributed by atoms with E-state index < -0.39 is 0 Å². The average molecular weight is 445 g/mol. The largest absolute Gasteiger partial charge is 0.466 e. The standard InChI is InChI=1S/C25H21ClN4O2/c1-17-7-9-19(10-8-17)23-24(20-11-13-21(26)14-12-20)29-30-25(23)32-16-22(31)28-27-15-18-5-3-2-4-6-18/h2-15H,16H2,1H3,(H,28,31)(H,29,30)/b27-15+. The minimum atomic E-state index is -0.386. The maximum absolute atomic E-state index is 12.2. The molecule has 0 fully saturated rings. The van der Waals surface area contributed by atoms with Crippen molar-refractivity contribution in [2.24, 2.45) is 5.10 Å². The quantitative estimate of drug-likeness (QED) is 0.302. The highest BCUT2D eigenvalue weighted by atomic mass is 35.5. The van der Waals surface area contributed by atoms with Crippen LogP contribution in [-0.2, 0) is 4.79 Å². The van der Waals surface area contributed by atoms with Gasteiger partial charge in [-0.25, -0.2) is 5.43 Å². The molecular weight excluding hydrogens is 424 g/mol. The van der Waals surface area contributed by atoms with Gasteiger partial charge in [-0.1, -0.05) is 83.9 Å². The van der Waals surface area contributed by atoms with Gasteiger partial charge in [-0.15, -0.1) is 5.10 Å². The number of aromatic nitrogens is 2. The molecule has 1 amide bonds. The molecule has 0 aliphatic rings. The number of amides is 1. The van der Waals surface area contributed by atoms with Crippen LogP contribution in [0.4, 0.5) is 0 Å². The lowest BCUT2D eigenvalue weighted by atomic mass is 10.0. The van der Waals surface area contributed by atoms with Crippen LogP contribution in [0, 0.1) is 6.92 Å². The highest BCUT2D eigenvalue weighted by Crippen LogP contribution is 2.37. The van der Waals surface area contributed by atoms with E-state index in [0.29, 0.717) is 10.9 Å². The topological polar surface area (TPSA) is 79.4 Å². The summed E-state index contributed by atoms with van der Waals surface area (Å²) in [5.74, 6) is -0.0518. The van der Waals surface area contributed by atoms with Crippen LogP contribution >= 0.6 is 11.6 Å². The molecule has 0 aliphatic heterocycles. The first kappa shape index (κ1) is 21.3. The molecule has 0 radical (unpaired) electrons. The first-order valence-electron chi connectivity index (χ1n) is 10.0. The summed E-state index contributed by atoms with van der Waals surface area (Å²) in [4.78, 5) is 12.2. The predicted octanol–water partition coefficient (Wildman–Crippen LogP) is 5.23. The second-order valence-electron chi connectivity index (χ2n) is 7.14. The van der Waals surface area contributed by atoms with Crippen molar-refractivity contribution in [3.05, 3.63) is 95.0 Å². The number of hydrogen-bond acceptors (Lipinski definition) is 4. The molecule has 0 saturated heterocycles. The number of carbonyl (C=O) groups is 1. The molecule has 0 atom stereocenters. The number of aromatic amines is 1. The van der Waals surface area contributed by atoms with Gasteiger partial charge in [0.05, 0.1) is 17.5 Å². The Hall–Kier alpha value is -3.90. The summed E-state index contributed by atoms with van der Waals surface area (Å²) in [7, 11) is 0. The fourth-order valence-electron chi connectivity index (χ4n) is 3.13. The third-order valence-electron chi connectivity index (χ3n) is 4.75. The molecule has 1 heterocycles. The molecule has 0 bridgehead atoms. The lowest BCUT2D eigenvalue weighted by Gasteiger charge is -2.08. The summed E-state index contributed by atoms with van der Waals surface area (Å²) in [5.41, 5.74) is 7.87. The van der Waals surface area contributed by atoms with E-state index >= 15 is 0 Å². The number of H-pyrrole nitrogens is 1. The first-order chi connectivity index (χ1) is 15.6.